The van der Waals surface area contributed by atoms with E-state index in [9.17, 15) is 46.6 Å². The summed E-state index contributed by atoms with van der Waals surface area (Å²) in [6.45, 7) is 20.7. The molecule has 0 bridgehead atoms. The number of halogens is 7. The third-order valence-electron chi connectivity index (χ3n) is 15.2. The van der Waals surface area contributed by atoms with E-state index in [-0.39, 0.29) is 73.5 Å². The lowest BCUT2D eigenvalue weighted by Gasteiger charge is -2.31. The molecule has 13 nitrogen and oxygen atoms in total. The van der Waals surface area contributed by atoms with E-state index in [1.165, 1.54) is 33.5 Å². The maximum atomic E-state index is 14.1. The first kappa shape index (κ1) is 87.6. The highest BCUT2D eigenvalue weighted by atomic mass is 79.9. The van der Waals surface area contributed by atoms with Crippen LogP contribution in [0.25, 0.3) is 6.08 Å². The zero-order chi connectivity index (χ0) is 74.4. The second kappa shape index (κ2) is 46.8. The number of benzene rings is 7. The minimum atomic E-state index is -2.29. The molecular weight excluding hydrogens is 1490 g/mol. The third-order valence-corrected chi connectivity index (χ3v) is 19.6. The number of ether oxygens (including phenoxy) is 7. The number of esters is 4. The van der Waals surface area contributed by atoms with E-state index in [1.807, 2.05) is 95.3 Å². The van der Waals surface area contributed by atoms with Gasteiger partial charge in [-0.3, -0.25) is 14.4 Å². The Bertz CT molecular complexity index is 3660. The van der Waals surface area contributed by atoms with Crippen molar-refractivity contribution in [1.29, 1.82) is 0 Å². The average molecular weight is 1580 g/mol. The number of rotatable bonds is 24. The Morgan fingerprint density at radius 2 is 0.788 bits per heavy atom. The molecule has 2 unspecified atom stereocenters. The number of phenols is 1. The highest BCUT2D eigenvalue weighted by Gasteiger charge is 2.31. The van der Waals surface area contributed by atoms with Crippen LogP contribution in [-0.4, -0.2) is 91.5 Å². The molecule has 22 heteroatoms. The third kappa shape index (κ3) is 26.2. The molecule has 0 spiro atoms. The first-order valence-corrected chi connectivity index (χ1v) is 37.0. The smallest absolute Gasteiger partial charge is 0.369 e. The molecule has 0 aromatic heterocycles. The van der Waals surface area contributed by atoms with Gasteiger partial charge in [0.15, 0.2) is 46.3 Å². The number of carbonyl (C=O) groups is 5. The van der Waals surface area contributed by atoms with Crippen molar-refractivity contribution in [3.05, 3.63) is 213 Å². The van der Waals surface area contributed by atoms with Crippen LogP contribution in [0.3, 0.4) is 0 Å². The van der Waals surface area contributed by atoms with Crippen molar-refractivity contribution in [1.82, 2.24) is 0 Å². The van der Waals surface area contributed by atoms with Crippen LogP contribution in [0.4, 0.5) is 17.6 Å². The fourth-order valence-corrected chi connectivity index (χ4v) is 14.6. The zero-order valence-corrected chi connectivity index (χ0v) is 64.8. The second-order valence-electron chi connectivity index (χ2n) is 21.6. The summed E-state index contributed by atoms with van der Waals surface area (Å²) in [5, 5.41) is 13.5. The fourth-order valence-electron chi connectivity index (χ4n) is 10.4. The summed E-state index contributed by atoms with van der Waals surface area (Å²) in [6.07, 6.45) is 5.23. The summed E-state index contributed by atoms with van der Waals surface area (Å²) in [5.74, 6) is -3.20. The van der Waals surface area contributed by atoms with E-state index < -0.39 is 18.5 Å². The van der Waals surface area contributed by atoms with Gasteiger partial charge in [-0.1, -0.05) is 151 Å². The van der Waals surface area contributed by atoms with Crippen molar-refractivity contribution >= 4 is 115 Å². The van der Waals surface area contributed by atoms with Crippen LogP contribution < -0.4 is 30.1 Å². The Balaban J connectivity index is 0.000000421. The molecule has 7 aromatic carbocycles. The summed E-state index contributed by atoms with van der Waals surface area (Å²) in [7, 11) is 4.27. The molecule has 0 amide bonds. The van der Waals surface area contributed by atoms with E-state index in [4.69, 9.17) is 33.2 Å². The summed E-state index contributed by atoms with van der Waals surface area (Å²) < 4.78 is 90.5. The molecule has 0 aliphatic heterocycles. The molecule has 0 saturated heterocycles. The number of phenolic OH excluding ortho intramolecular Hbond substituents is 1. The van der Waals surface area contributed by atoms with Gasteiger partial charge in [0, 0.05) is 22.0 Å². The fraction of sp³-hybridized carbons (Fsp3) is 0.351. The van der Waals surface area contributed by atoms with Crippen molar-refractivity contribution in [3.8, 4) is 23.0 Å². The Morgan fingerprint density at radius 1 is 0.465 bits per heavy atom. The maximum Gasteiger partial charge on any atom is 0.369 e. The van der Waals surface area contributed by atoms with Crippen molar-refractivity contribution in [2.45, 2.75) is 122 Å². The molecule has 7 aromatic rings. The molecule has 0 saturated carbocycles. The van der Waals surface area contributed by atoms with Crippen molar-refractivity contribution < 1.29 is 79.8 Å². The molecule has 0 aliphatic carbocycles. The predicted octanol–water partition coefficient (Wildman–Crippen LogP) is 17.4. The van der Waals surface area contributed by atoms with Gasteiger partial charge in [-0.2, -0.15) is 0 Å². The summed E-state index contributed by atoms with van der Waals surface area (Å²) in [4.78, 5) is 58.1. The van der Waals surface area contributed by atoms with Crippen LogP contribution in [-0.2, 0) is 76.7 Å². The van der Waals surface area contributed by atoms with Crippen molar-refractivity contribution in [3.63, 3.8) is 0 Å². The zero-order valence-electron chi connectivity index (χ0n) is 59.2. The first-order valence-electron chi connectivity index (χ1n) is 32.5. The lowest BCUT2D eigenvalue weighted by molar-refractivity contribution is -0.148. The summed E-state index contributed by atoms with van der Waals surface area (Å²) >= 11 is 9.31. The Labute approximate surface area is 607 Å². The van der Waals surface area contributed by atoms with Crippen LogP contribution >= 0.6 is 54.2 Å². The molecule has 0 radical (unpaired) electrons. The number of hydrogen-bond donors (Lipinski definition) is 1. The highest BCUT2D eigenvalue weighted by Crippen LogP contribution is 2.46. The van der Waals surface area contributed by atoms with Crippen LogP contribution in [0.2, 0.25) is 0 Å². The van der Waals surface area contributed by atoms with Gasteiger partial charge < -0.3 is 38.3 Å². The van der Waals surface area contributed by atoms with E-state index in [2.05, 4.69) is 83.7 Å². The minimum absolute atomic E-state index is 0.183. The number of hydrogen-bond acceptors (Lipinski definition) is 13. The van der Waals surface area contributed by atoms with Gasteiger partial charge in [0.05, 0.1) is 59.6 Å². The van der Waals surface area contributed by atoms with Gasteiger partial charge >= 0.3 is 27.1 Å². The van der Waals surface area contributed by atoms with Crippen LogP contribution in [0.1, 0.15) is 132 Å². The standard InChI is InChI=1S/C23H23O2P.C15H21FO3.C15H19FO3.C14H19FO3.C10H11FO2.BBr3/c1-3-25-23(24)19(2)26(20-13-7-4-8-14-20,21-15-9-5-10-16-21)22-17-11-6-12-18-22;2*1-5-12-11(7-8-13(18-4)14(12)16)9-10(3)15(17)19-6-2;1-4-11-10(6-7-12(16)13(11)15)8-9(3)14(17)18-5-2;1-3-8-7(6-12)4-5-9(13-2)10(8)11;2-1(3)4/h4-18H,3H2,1-2H3;7-8,10H,5-6,9H2,1-4H3;7-9H,5-6H2,1-4H3;6-7,9,16H,4-5,8H2,1-3H3;4-6H,3H2,1-2H3;/b;;10-9+;;;. The van der Waals surface area contributed by atoms with E-state index >= 15 is 0 Å². The average Bonchev–Trinajstić information content (AvgIpc) is 0.740. The van der Waals surface area contributed by atoms with Gasteiger partial charge in [-0.15, -0.1) is 47.3 Å². The van der Waals surface area contributed by atoms with Crippen LogP contribution in [0.15, 0.2) is 145 Å². The molecule has 0 fully saturated rings. The van der Waals surface area contributed by atoms with Gasteiger partial charge in [0.2, 0.25) is 0 Å². The molecule has 7 rings (SSSR count). The Kier molecular flexibility index (Phi) is 41.4. The number of aldehydes is 1. The topological polar surface area (TPSA) is 170 Å². The normalized spacial score (nSPS) is 11.2. The van der Waals surface area contributed by atoms with Gasteiger partial charge in [-0.25, -0.2) is 27.2 Å². The Morgan fingerprint density at radius 3 is 1.14 bits per heavy atom. The van der Waals surface area contributed by atoms with Crippen molar-refractivity contribution in [2.24, 2.45) is 11.8 Å². The largest absolute Gasteiger partial charge is 0.505 e. The van der Waals surface area contributed by atoms with Crippen molar-refractivity contribution in [2.75, 3.05) is 47.8 Å². The monoisotopic (exact) mass is 1580 g/mol. The molecule has 1 N–H and O–H groups in total. The van der Waals surface area contributed by atoms with E-state index in [1.54, 1.807) is 84.9 Å². The summed E-state index contributed by atoms with van der Waals surface area (Å²) in [6, 6.07) is 43.7. The molecular formula is C77H93BBr3F4O13P. The van der Waals surface area contributed by atoms with Gasteiger partial charge in [0.1, 0.15) is 6.29 Å². The lowest BCUT2D eigenvalue weighted by Crippen LogP contribution is -2.33. The molecule has 0 heterocycles. The minimum Gasteiger partial charge on any atom is -0.505 e. The summed E-state index contributed by atoms with van der Waals surface area (Å²) in [5.41, 5.74) is 5.10. The highest BCUT2D eigenvalue weighted by molar-refractivity contribution is 9.69. The molecule has 99 heavy (non-hydrogen) atoms. The van der Waals surface area contributed by atoms with E-state index in [0.29, 0.717) is 110 Å². The van der Waals surface area contributed by atoms with Gasteiger partial charge in [-0.05, 0) is 173 Å². The Hall–Kier alpha value is -7.45. The van der Waals surface area contributed by atoms with Crippen LogP contribution in [0.5, 0.6) is 23.0 Å². The number of aromatic hydroxyl groups is 1. The SMILES string of the molecule is BrB(Br)Br.CCOC(=O)/C(C)=C/c1ccc(OC)c(F)c1CC.CCOC(=O)C(C)=P(c1ccccc1)(c1ccccc1)c1ccccc1.CCOC(=O)C(C)Cc1ccc(O)c(F)c1CC.CCOC(=O)C(C)Cc1ccc(OC)c(F)c1CC.CCc1c(C=O)ccc(OC)c1F. The molecule has 536 valence electrons. The van der Waals surface area contributed by atoms with E-state index in [0.717, 1.165) is 32.3 Å². The number of carbonyl (C=O) groups excluding carboxylic acids is 5. The number of methoxy groups -OCH3 is 3. The molecule has 0 aliphatic rings. The van der Waals surface area contributed by atoms with Gasteiger partial charge in [0.25, 0.3) is 0 Å². The molecule has 2 atom stereocenters. The predicted molar refractivity (Wildman–Crippen MR) is 404 cm³/mol. The lowest BCUT2D eigenvalue weighted by atomic mass is 9.95. The second-order valence-corrected chi connectivity index (χ2v) is 31.6. The maximum absolute atomic E-state index is 14.1. The quantitative estimate of drug-likeness (QED) is 0.0115. The van der Waals surface area contributed by atoms with Crippen LogP contribution in [0, 0.1) is 35.1 Å². The first-order chi connectivity index (χ1) is 47.3.